The maximum absolute atomic E-state index is 12.4. The molecule has 0 radical (unpaired) electrons. The lowest BCUT2D eigenvalue weighted by Gasteiger charge is -2.31. The summed E-state index contributed by atoms with van der Waals surface area (Å²) in [4.78, 5) is 30.3. The number of amides is 1. The first kappa shape index (κ1) is 18.6. The summed E-state index contributed by atoms with van der Waals surface area (Å²) in [6.07, 6.45) is 8.02. The predicted molar refractivity (Wildman–Crippen MR) is 96.0 cm³/mol. The average Bonchev–Trinajstić information content (AvgIpc) is 3.00. The van der Waals surface area contributed by atoms with Crippen LogP contribution in [0, 0.1) is 5.92 Å². The van der Waals surface area contributed by atoms with Gasteiger partial charge in [-0.1, -0.05) is 20.8 Å². The molecule has 0 spiro atoms. The van der Waals surface area contributed by atoms with Gasteiger partial charge in [0.15, 0.2) is 0 Å². The molecule has 1 amide bonds. The first-order valence-corrected chi connectivity index (χ1v) is 9.22. The molecule has 2 heterocycles. The van der Waals surface area contributed by atoms with Crippen molar-refractivity contribution in [1.82, 2.24) is 9.88 Å². The molecule has 0 bridgehead atoms. The molecule has 0 aromatic carbocycles. The van der Waals surface area contributed by atoms with Gasteiger partial charge in [-0.2, -0.15) is 0 Å². The quantitative estimate of drug-likeness (QED) is 0.824. The molecule has 1 unspecified atom stereocenters. The van der Waals surface area contributed by atoms with Crippen molar-refractivity contribution in [3.63, 3.8) is 0 Å². The maximum atomic E-state index is 12.4. The minimum atomic E-state index is -0.766. The van der Waals surface area contributed by atoms with Crippen LogP contribution in [0.5, 0.6) is 0 Å². The zero-order valence-electron chi connectivity index (χ0n) is 14.6. The molecule has 24 heavy (non-hydrogen) atoms. The van der Waals surface area contributed by atoms with Crippen molar-refractivity contribution in [3.8, 4) is 0 Å². The Morgan fingerprint density at radius 3 is 2.83 bits per heavy atom. The molecule has 1 aliphatic rings. The molecule has 1 aliphatic heterocycles. The second kappa shape index (κ2) is 7.92. The second-order valence-corrected chi connectivity index (χ2v) is 8.44. The van der Waals surface area contributed by atoms with E-state index in [9.17, 15) is 9.59 Å². The Hall–Kier alpha value is -1.69. The highest BCUT2D eigenvalue weighted by molar-refractivity contribution is 7.12. The fourth-order valence-corrected chi connectivity index (χ4v) is 3.67. The molecule has 132 valence electrons. The van der Waals surface area contributed by atoms with Gasteiger partial charge in [-0.3, -0.25) is 9.59 Å². The van der Waals surface area contributed by atoms with Crippen LogP contribution in [0.1, 0.15) is 56.3 Å². The van der Waals surface area contributed by atoms with Crippen LogP contribution in [0.25, 0.3) is 6.08 Å². The third-order valence-corrected chi connectivity index (χ3v) is 5.54. The monoisotopic (exact) mass is 350 g/mol. The molecule has 5 nitrogen and oxygen atoms in total. The highest BCUT2D eigenvalue weighted by Crippen LogP contribution is 2.27. The minimum absolute atomic E-state index is 0.000679. The standard InChI is InChI=1S/C18H26N2O3S/c1-18(2,3)17-19-11-14(24-17)7-8-15(21)20-10-4-5-13(12-20)6-9-16(22)23/h7-8,11,13H,4-6,9-10,12H2,1-3H3,(H,22,23). The predicted octanol–water partition coefficient (Wildman–Crippen LogP) is 3.56. The Balaban J connectivity index is 1.91. The fraction of sp³-hybridized carbons (Fsp3) is 0.611. The summed E-state index contributed by atoms with van der Waals surface area (Å²) in [5, 5.41) is 9.85. The van der Waals surface area contributed by atoms with Gasteiger partial charge in [-0.25, -0.2) is 4.98 Å². The summed E-state index contributed by atoms with van der Waals surface area (Å²) >= 11 is 1.61. The van der Waals surface area contributed by atoms with E-state index < -0.39 is 5.97 Å². The van der Waals surface area contributed by atoms with Crippen LogP contribution in [0.15, 0.2) is 12.3 Å². The van der Waals surface area contributed by atoms with E-state index in [1.807, 2.05) is 11.0 Å². The molecule has 0 saturated carbocycles. The summed E-state index contributed by atoms with van der Waals surface area (Å²) in [5.41, 5.74) is 0.0188. The van der Waals surface area contributed by atoms with E-state index in [1.54, 1.807) is 23.6 Å². The van der Waals surface area contributed by atoms with E-state index in [2.05, 4.69) is 25.8 Å². The smallest absolute Gasteiger partial charge is 0.303 e. The number of thiazole rings is 1. The molecular formula is C18H26N2O3S. The highest BCUT2D eigenvalue weighted by Gasteiger charge is 2.23. The van der Waals surface area contributed by atoms with Crippen LogP contribution in [0.3, 0.4) is 0 Å². The number of hydrogen-bond acceptors (Lipinski definition) is 4. The molecule has 1 aromatic heterocycles. The van der Waals surface area contributed by atoms with Crippen molar-refractivity contribution >= 4 is 29.3 Å². The van der Waals surface area contributed by atoms with Gasteiger partial charge in [-0.15, -0.1) is 11.3 Å². The zero-order valence-corrected chi connectivity index (χ0v) is 15.4. The number of likely N-dealkylation sites (tertiary alicyclic amines) is 1. The van der Waals surface area contributed by atoms with E-state index in [0.717, 1.165) is 29.3 Å². The highest BCUT2D eigenvalue weighted by atomic mass is 32.1. The summed E-state index contributed by atoms with van der Waals surface area (Å²) in [6, 6.07) is 0. The molecule has 2 rings (SSSR count). The molecule has 0 aliphatic carbocycles. The van der Waals surface area contributed by atoms with Gasteiger partial charge in [0.25, 0.3) is 0 Å². The van der Waals surface area contributed by atoms with Crippen molar-refractivity contribution < 1.29 is 14.7 Å². The van der Waals surface area contributed by atoms with Gasteiger partial charge >= 0.3 is 5.97 Å². The zero-order chi connectivity index (χ0) is 17.7. The number of carbonyl (C=O) groups is 2. The number of nitrogens with zero attached hydrogens (tertiary/aromatic N) is 2. The molecule has 1 fully saturated rings. The lowest BCUT2D eigenvalue weighted by Crippen LogP contribution is -2.39. The molecule has 6 heteroatoms. The van der Waals surface area contributed by atoms with Crippen LogP contribution in [0.2, 0.25) is 0 Å². The van der Waals surface area contributed by atoms with Crippen LogP contribution in [-0.4, -0.2) is 40.0 Å². The lowest BCUT2D eigenvalue weighted by molar-refractivity contribution is -0.137. The first-order chi connectivity index (χ1) is 11.3. The third-order valence-electron chi connectivity index (χ3n) is 4.15. The number of piperidine rings is 1. The molecular weight excluding hydrogens is 324 g/mol. The van der Waals surface area contributed by atoms with Crippen molar-refractivity contribution in [2.45, 2.75) is 51.9 Å². The van der Waals surface area contributed by atoms with Crippen LogP contribution in [-0.2, 0) is 15.0 Å². The second-order valence-electron chi connectivity index (χ2n) is 7.38. The van der Waals surface area contributed by atoms with E-state index in [1.165, 1.54) is 0 Å². The first-order valence-electron chi connectivity index (χ1n) is 8.41. The number of carboxylic acids is 1. The Bertz CT molecular complexity index is 616. The van der Waals surface area contributed by atoms with Crippen molar-refractivity contribution in [1.29, 1.82) is 0 Å². The summed E-state index contributed by atoms with van der Waals surface area (Å²) < 4.78 is 0. The largest absolute Gasteiger partial charge is 0.481 e. The van der Waals surface area contributed by atoms with Crippen LogP contribution >= 0.6 is 11.3 Å². The van der Waals surface area contributed by atoms with Crippen molar-refractivity contribution in [2.75, 3.05) is 13.1 Å². The van der Waals surface area contributed by atoms with E-state index in [-0.39, 0.29) is 17.7 Å². The minimum Gasteiger partial charge on any atom is -0.481 e. The van der Waals surface area contributed by atoms with Crippen LogP contribution in [0.4, 0.5) is 0 Å². The van der Waals surface area contributed by atoms with Gasteiger partial charge in [0.1, 0.15) is 0 Å². The molecule has 1 atom stereocenters. The fourth-order valence-electron chi connectivity index (χ4n) is 2.80. The number of aromatic nitrogens is 1. The number of aliphatic carboxylic acids is 1. The van der Waals surface area contributed by atoms with Crippen molar-refractivity contribution in [2.24, 2.45) is 5.92 Å². The Morgan fingerprint density at radius 2 is 2.21 bits per heavy atom. The molecule has 1 aromatic rings. The van der Waals surface area contributed by atoms with Gasteiger partial charge in [0.05, 0.1) is 5.01 Å². The van der Waals surface area contributed by atoms with Gasteiger partial charge in [0.2, 0.25) is 5.91 Å². The van der Waals surface area contributed by atoms with E-state index in [4.69, 9.17) is 5.11 Å². The number of hydrogen-bond donors (Lipinski definition) is 1. The van der Waals surface area contributed by atoms with E-state index in [0.29, 0.717) is 18.9 Å². The average molecular weight is 350 g/mol. The Kier molecular flexibility index (Phi) is 6.15. The summed E-state index contributed by atoms with van der Waals surface area (Å²) in [5.74, 6) is -0.470. The Morgan fingerprint density at radius 1 is 1.46 bits per heavy atom. The maximum Gasteiger partial charge on any atom is 0.303 e. The normalized spacial score (nSPS) is 19.0. The number of carbonyl (C=O) groups excluding carboxylic acids is 1. The number of rotatable bonds is 5. The summed E-state index contributed by atoms with van der Waals surface area (Å²) in [6.45, 7) is 7.77. The van der Waals surface area contributed by atoms with Gasteiger partial charge in [-0.05, 0) is 31.3 Å². The SMILES string of the molecule is CC(C)(C)c1ncc(C=CC(=O)N2CCCC(CCC(=O)O)C2)s1. The van der Waals surface area contributed by atoms with Gasteiger partial charge < -0.3 is 10.0 Å². The summed E-state index contributed by atoms with van der Waals surface area (Å²) in [7, 11) is 0. The Labute approximate surface area is 147 Å². The van der Waals surface area contributed by atoms with Gasteiger partial charge in [0, 0.05) is 42.1 Å². The van der Waals surface area contributed by atoms with E-state index >= 15 is 0 Å². The molecule has 1 N–H and O–H groups in total. The third kappa shape index (κ3) is 5.44. The van der Waals surface area contributed by atoms with Crippen molar-refractivity contribution in [3.05, 3.63) is 22.2 Å². The molecule has 1 saturated heterocycles. The number of carboxylic acid groups (broad SMARTS) is 1. The van der Waals surface area contributed by atoms with Crippen LogP contribution < -0.4 is 0 Å². The lowest BCUT2D eigenvalue weighted by atomic mass is 9.93. The topological polar surface area (TPSA) is 70.5 Å².